The van der Waals surface area contributed by atoms with Crippen LogP contribution in [0.5, 0.6) is 0 Å². The number of rotatable bonds is 11. The van der Waals surface area contributed by atoms with Gasteiger partial charge >= 0.3 is 7.12 Å². The summed E-state index contributed by atoms with van der Waals surface area (Å²) < 4.78 is 5.47. The molecule has 0 bridgehead atoms. The molecule has 2 aromatic carbocycles. The molecular weight excluding hydrogens is 409 g/mol. The highest BCUT2D eigenvalue weighted by molar-refractivity contribution is 6.43. The molecule has 32 heavy (non-hydrogen) atoms. The molecule has 0 aromatic heterocycles. The average molecular weight is 437 g/mol. The van der Waals surface area contributed by atoms with Gasteiger partial charge in [0.05, 0.1) is 18.6 Å². The van der Waals surface area contributed by atoms with Gasteiger partial charge in [-0.1, -0.05) is 54.6 Å². The van der Waals surface area contributed by atoms with Crippen LogP contribution in [0.25, 0.3) is 0 Å². The van der Waals surface area contributed by atoms with Crippen LogP contribution in [-0.4, -0.2) is 60.5 Å². The molecule has 0 spiro atoms. The Kier molecular flexibility index (Phi) is 9.89. The third kappa shape index (κ3) is 8.15. The van der Waals surface area contributed by atoms with Crippen LogP contribution in [0.1, 0.15) is 16.7 Å². The maximum Gasteiger partial charge on any atom is 0.475 e. The van der Waals surface area contributed by atoms with Gasteiger partial charge in [0.2, 0.25) is 11.8 Å². The van der Waals surface area contributed by atoms with E-state index in [1.165, 1.54) is 4.90 Å². The smallest absolute Gasteiger partial charge is 0.426 e. The van der Waals surface area contributed by atoms with Crippen LogP contribution in [0.15, 0.2) is 54.6 Å². The highest BCUT2D eigenvalue weighted by Crippen LogP contribution is 2.13. The third-order valence-corrected chi connectivity index (χ3v) is 4.83. The lowest BCUT2D eigenvalue weighted by Crippen LogP contribution is -2.48. The van der Waals surface area contributed by atoms with Gasteiger partial charge in [-0.15, -0.1) is 0 Å². The molecule has 9 heteroatoms. The van der Waals surface area contributed by atoms with Gasteiger partial charge in [-0.3, -0.25) is 9.59 Å². The number of carbonyl (C=O) groups is 2. The fraction of sp³-hybridized carbons (Fsp3) is 0.348. The molecule has 8 nitrogen and oxygen atoms in total. The molecule has 0 saturated heterocycles. The van der Waals surface area contributed by atoms with Crippen molar-refractivity contribution in [2.45, 2.75) is 25.4 Å². The van der Waals surface area contributed by atoms with Crippen molar-refractivity contribution in [2.24, 2.45) is 5.92 Å². The molecule has 2 rings (SSSR count). The summed E-state index contributed by atoms with van der Waals surface area (Å²) in [6.07, 6.45) is 0.565. The molecule has 1 unspecified atom stereocenters. The van der Waals surface area contributed by atoms with Crippen LogP contribution < -0.4 is 5.32 Å². The zero-order chi connectivity index (χ0) is 23.5. The minimum atomic E-state index is -1.70. The molecule has 0 aliphatic carbocycles. The largest absolute Gasteiger partial charge is 0.475 e. The van der Waals surface area contributed by atoms with E-state index in [-0.39, 0.29) is 32.0 Å². The molecule has 0 aliphatic heterocycles. The maximum atomic E-state index is 12.2. The molecule has 168 valence electrons. The van der Waals surface area contributed by atoms with Crippen LogP contribution >= 0.6 is 0 Å². The second-order valence-electron chi connectivity index (χ2n) is 7.71. The summed E-state index contributed by atoms with van der Waals surface area (Å²) in [5, 5.41) is 31.0. The second kappa shape index (κ2) is 12.6. The molecule has 2 atom stereocenters. The molecule has 0 radical (unpaired) electrons. The Hall–Kier alpha value is -3.19. The number of nitrogens with one attached hydrogen (secondary N) is 1. The Morgan fingerprint density at radius 3 is 2.34 bits per heavy atom. The van der Waals surface area contributed by atoms with E-state index in [2.05, 4.69) is 5.32 Å². The van der Waals surface area contributed by atoms with Crippen molar-refractivity contribution in [2.75, 3.05) is 20.7 Å². The summed E-state index contributed by atoms with van der Waals surface area (Å²) in [4.78, 5) is 25.6. The highest BCUT2D eigenvalue weighted by Gasteiger charge is 2.25. The first kappa shape index (κ1) is 25.1. The number of nitrogens with zero attached hydrogens (tertiary/aromatic N) is 2. The Bertz CT molecular complexity index is 931. The number of hydrogen-bond donors (Lipinski definition) is 3. The highest BCUT2D eigenvalue weighted by atomic mass is 16.5. The number of ether oxygens (including phenoxy) is 1. The van der Waals surface area contributed by atoms with Crippen LogP contribution in [0, 0.1) is 17.2 Å². The van der Waals surface area contributed by atoms with Crippen molar-refractivity contribution in [3.8, 4) is 6.07 Å². The topological polar surface area (TPSA) is 123 Å². The fourth-order valence-corrected chi connectivity index (χ4v) is 3.19. The number of nitriles is 1. The van der Waals surface area contributed by atoms with E-state index in [1.54, 1.807) is 20.2 Å². The quantitative estimate of drug-likeness (QED) is 0.445. The molecule has 2 amide bonds. The summed E-state index contributed by atoms with van der Waals surface area (Å²) in [7, 11) is 1.53. The van der Waals surface area contributed by atoms with E-state index in [1.807, 2.05) is 54.6 Å². The predicted molar refractivity (Wildman–Crippen MR) is 120 cm³/mol. The first-order valence-corrected chi connectivity index (χ1v) is 10.3. The summed E-state index contributed by atoms with van der Waals surface area (Å²) in [5.74, 6) is -2.33. The third-order valence-electron chi connectivity index (χ3n) is 4.83. The van der Waals surface area contributed by atoms with Crippen molar-refractivity contribution in [3.05, 3.63) is 71.3 Å². The Morgan fingerprint density at radius 1 is 1.06 bits per heavy atom. The standard InChI is InChI=1S/C23H28BN3O5/c1-27(2)23(29)20(14-25)12-18-9-6-10-19(11-18)15-32-16-22(28)26-21(24(30)31)13-17-7-4-3-5-8-17/h3-11,20-21,30-31H,12-13,15-16H2,1-2H3,(H,26,28)/t20?,21-/m0/s1. The van der Waals surface area contributed by atoms with Gasteiger partial charge in [0, 0.05) is 14.1 Å². The van der Waals surface area contributed by atoms with E-state index in [0.29, 0.717) is 0 Å². The van der Waals surface area contributed by atoms with E-state index in [0.717, 1.165) is 16.7 Å². The van der Waals surface area contributed by atoms with Crippen molar-refractivity contribution in [1.29, 1.82) is 5.26 Å². The summed E-state index contributed by atoms with van der Waals surface area (Å²) in [6, 6.07) is 18.6. The van der Waals surface area contributed by atoms with Crippen LogP contribution in [0.2, 0.25) is 0 Å². The van der Waals surface area contributed by atoms with E-state index < -0.39 is 24.9 Å². The maximum absolute atomic E-state index is 12.2. The number of amides is 2. The van der Waals surface area contributed by atoms with E-state index >= 15 is 0 Å². The molecule has 0 fully saturated rings. The summed E-state index contributed by atoms with van der Waals surface area (Å²) in [6.45, 7) is -0.0900. The first-order chi connectivity index (χ1) is 15.3. The summed E-state index contributed by atoms with van der Waals surface area (Å²) in [5.41, 5.74) is 2.49. The van der Waals surface area contributed by atoms with Gasteiger partial charge in [-0.2, -0.15) is 5.26 Å². The summed E-state index contributed by atoms with van der Waals surface area (Å²) >= 11 is 0. The lowest BCUT2D eigenvalue weighted by molar-refractivity contribution is -0.131. The van der Waals surface area contributed by atoms with Crippen molar-refractivity contribution in [1.82, 2.24) is 10.2 Å². The molecule has 0 heterocycles. The van der Waals surface area contributed by atoms with Gasteiger partial charge in [0.25, 0.3) is 0 Å². The minimum Gasteiger partial charge on any atom is -0.426 e. The Labute approximate surface area is 188 Å². The van der Waals surface area contributed by atoms with Crippen molar-refractivity contribution < 1.29 is 24.4 Å². The lowest BCUT2D eigenvalue weighted by atomic mass is 9.76. The van der Waals surface area contributed by atoms with E-state index in [4.69, 9.17) is 4.74 Å². The van der Waals surface area contributed by atoms with Gasteiger partial charge < -0.3 is 25.0 Å². The van der Waals surface area contributed by atoms with Crippen molar-refractivity contribution >= 4 is 18.9 Å². The predicted octanol–water partition coefficient (Wildman–Crippen LogP) is 0.713. The number of hydrogen-bond acceptors (Lipinski definition) is 6. The first-order valence-electron chi connectivity index (χ1n) is 10.3. The van der Waals surface area contributed by atoms with Crippen LogP contribution in [0.3, 0.4) is 0 Å². The Morgan fingerprint density at radius 2 is 1.72 bits per heavy atom. The average Bonchev–Trinajstić information content (AvgIpc) is 2.77. The number of carbonyl (C=O) groups excluding carboxylic acids is 2. The van der Waals surface area contributed by atoms with Gasteiger partial charge in [0.15, 0.2) is 0 Å². The van der Waals surface area contributed by atoms with Gasteiger partial charge in [0.1, 0.15) is 12.5 Å². The molecular formula is C23H28BN3O5. The fourth-order valence-electron chi connectivity index (χ4n) is 3.19. The molecule has 3 N–H and O–H groups in total. The zero-order valence-corrected chi connectivity index (χ0v) is 18.3. The van der Waals surface area contributed by atoms with Crippen LogP contribution in [0.4, 0.5) is 0 Å². The SMILES string of the molecule is CN(C)C(=O)C(C#N)Cc1cccc(COCC(=O)N[C@@H](Cc2ccccc2)B(O)O)c1. The molecule has 0 saturated carbocycles. The van der Waals surface area contributed by atoms with Crippen molar-refractivity contribution in [3.63, 3.8) is 0 Å². The molecule has 2 aromatic rings. The monoisotopic (exact) mass is 437 g/mol. The normalized spacial score (nSPS) is 12.3. The second-order valence-corrected chi connectivity index (χ2v) is 7.71. The van der Waals surface area contributed by atoms with Gasteiger partial charge in [-0.25, -0.2) is 0 Å². The minimum absolute atomic E-state index is 0.158. The number of benzene rings is 2. The van der Waals surface area contributed by atoms with E-state index in [9.17, 15) is 24.9 Å². The molecule has 0 aliphatic rings. The Balaban J connectivity index is 1.86. The lowest BCUT2D eigenvalue weighted by Gasteiger charge is -2.18. The van der Waals surface area contributed by atoms with Crippen LogP contribution in [-0.2, 0) is 33.8 Å². The van der Waals surface area contributed by atoms with Gasteiger partial charge in [-0.05, 0) is 29.5 Å². The zero-order valence-electron chi connectivity index (χ0n) is 18.3.